The molecule has 2 N–H and O–H groups in total. The maximum Gasteiger partial charge on any atom is 0.0737 e. The van der Waals surface area contributed by atoms with E-state index in [1.54, 1.807) is 0 Å². The Kier molecular flexibility index (Phi) is 2.10. The Morgan fingerprint density at radius 2 is 2.42 bits per heavy atom. The van der Waals surface area contributed by atoms with Crippen molar-refractivity contribution < 1.29 is 5.11 Å². The van der Waals surface area contributed by atoms with Gasteiger partial charge in [-0.25, -0.2) is 0 Å². The van der Waals surface area contributed by atoms with Crippen LogP contribution in [0.5, 0.6) is 0 Å². The largest absolute Gasteiger partial charge is 0.391 e. The lowest BCUT2D eigenvalue weighted by molar-refractivity contribution is -0.0399. The van der Waals surface area contributed by atoms with Crippen LogP contribution in [-0.4, -0.2) is 48.3 Å². The molecule has 0 radical (unpaired) electrons. The van der Waals surface area contributed by atoms with Crippen LogP contribution in [-0.2, 0) is 0 Å². The number of likely N-dealkylation sites (N-methyl/N-ethyl adjacent to an activating group) is 1. The first kappa shape index (κ1) is 8.48. The van der Waals surface area contributed by atoms with Gasteiger partial charge in [-0.3, -0.25) is 4.90 Å². The summed E-state index contributed by atoms with van der Waals surface area (Å²) in [6.45, 7) is 3.16. The second-order valence-corrected chi connectivity index (χ2v) is 4.11. The van der Waals surface area contributed by atoms with E-state index in [4.69, 9.17) is 0 Å². The smallest absolute Gasteiger partial charge is 0.0737 e. The summed E-state index contributed by atoms with van der Waals surface area (Å²) in [4.78, 5) is 2.33. The number of hydrogen-bond donors (Lipinski definition) is 2. The van der Waals surface area contributed by atoms with E-state index >= 15 is 0 Å². The molecule has 0 saturated carbocycles. The SMILES string of the molecule is CN1CCCC(O)C12CCNC2. The second kappa shape index (κ2) is 2.98. The summed E-state index contributed by atoms with van der Waals surface area (Å²) in [5, 5.41) is 13.3. The molecule has 2 unspecified atom stereocenters. The molecule has 2 aliphatic rings. The van der Waals surface area contributed by atoms with Gasteiger partial charge in [0.15, 0.2) is 0 Å². The summed E-state index contributed by atoms with van der Waals surface area (Å²) in [7, 11) is 2.13. The molecule has 2 rings (SSSR count). The zero-order valence-electron chi connectivity index (χ0n) is 7.71. The van der Waals surface area contributed by atoms with E-state index in [9.17, 15) is 5.11 Å². The standard InChI is InChI=1S/C9H18N2O/c1-11-6-2-3-8(12)9(11)4-5-10-7-9/h8,10,12H,2-7H2,1H3. The van der Waals surface area contributed by atoms with Crippen molar-refractivity contribution in [2.45, 2.75) is 30.9 Å². The van der Waals surface area contributed by atoms with E-state index < -0.39 is 0 Å². The van der Waals surface area contributed by atoms with E-state index in [-0.39, 0.29) is 11.6 Å². The van der Waals surface area contributed by atoms with E-state index in [0.29, 0.717) is 0 Å². The predicted molar refractivity (Wildman–Crippen MR) is 48.1 cm³/mol. The Hall–Kier alpha value is -0.120. The number of nitrogens with one attached hydrogen (secondary N) is 1. The normalized spacial score (nSPS) is 44.0. The fourth-order valence-corrected chi connectivity index (χ4v) is 2.58. The van der Waals surface area contributed by atoms with Gasteiger partial charge in [0.05, 0.1) is 11.6 Å². The van der Waals surface area contributed by atoms with Gasteiger partial charge >= 0.3 is 0 Å². The Balaban J connectivity index is 2.16. The van der Waals surface area contributed by atoms with Gasteiger partial charge in [-0.2, -0.15) is 0 Å². The molecule has 12 heavy (non-hydrogen) atoms. The lowest BCUT2D eigenvalue weighted by Gasteiger charge is -2.45. The lowest BCUT2D eigenvalue weighted by atomic mass is 9.83. The van der Waals surface area contributed by atoms with Crippen LogP contribution in [0.1, 0.15) is 19.3 Å². The molecule has 3 heteroatoms. The lowest BCUT2D eigenvalue weighted by Crippen LogP contribution is -2.59. The summed E-state index contributed by atoms with van der Waals surface area (Å²) in [6.07, 6.45) is 3.10. The van der Waals surface area contributed by atoms with Crippen LogP contribution >= 0.6 is 0 Å². The van der Waals surface area contributed by atoms with Crippen LogP contribution in [0.2, 0.25) is 0 Å². The van der Waals surface area contributed by atoms with Gasteiger partial charge in [0.25, 0.3) is 0 Å². The molecule has 2 aliphatic heterocycles. The van der Waals surface area contributed by atoms with Gasteiger partial charge in [-0.15, -0.1) is 0 Å². The molecular formula is C9H18N2O. The number of piperidine rings is 1. The molecule has 0 amide bonds. The molecule has 2 saturated heterocycles. The maximum absolute atomic E-state index is 9.95. The zero-order valence-corrected chi connectivity index (χ0v) is 7.71. The second-order valence-electron chi connectivity index (χ2n) is 4.11. The van der Waals surface area contributed by atoms with Crippen molar-refractivity contribution in [2.24, 2.45) is 0 Å². The van der Waals surface area contributed by atoms with Gasteiger partial charge in [0.2, 0.25) is 0 Å². The average molecular weight is 170 g/mol. The average Bonchev–Trinajstić information content (AvgIpc) is 2.50. The Labute approximate surface area is 73.8 Å². The van der Waals surface area contributed by atoms with Crippen molar-refractivity contribution in [1.29, 1.82) is 0 Å². The molecular weight excluding hydrogens is 152 g/mol. The Bertz CT molecular complexity index is 154. The van der Waals surface area contributed by atoms with Crippen molar-refractivity contribution >= 4 is 0 Å². The van der Waals surface area contributed by atoms with Crippen molar-refractivity contribution in [2.75, 3.05) is 26.7 Å². The first-order valence-electron chi connectivity index (χ1n) is 4.86. The molecule has 0 aromatic rings. The fourth-order valence-electron chi connectivity index (χ4n) is 2.58. The quantitative estimate of drug-likeness (QED) is 0.529. The van der Waals surface area contributed by atoms with Gasteiger partial charge in [0, 0.05) is 6.54 Å². The maximum atomic E-state index is 9.95. The molecule has 0 aliphatic carbocycles. The molecule has 2 fully saturated rings. The highest BCUT2D eigenvalue weighted by Gasteiger charge is 2.45. The fraction of sp³-hybridized carbons (Fsp3) is 1.00. The minimum absolute atomic E-state index is 0.0677. The Morgan fingerprint density at radius 3 is 3.00 bits per heavy atom. The summed E-state index contributed by atoms with van der Waals surface area (Å²) in [6, 6.07) is 0. The third-order valence-electron chi connectivity index (χ3n) is 3.52. The number of aliphatic hydroxyl groups excluding tert-OH is 1. The number of aliphatic hydroxyl groups is 1. The van der Waals surface area contributed by atoms with Crippen LogP contribution in [0.15, 0.2) is 0 Å². The van der Waals surface area contributed by atoms with Crippen LogP contribution in [0, 0.1) is 0 Å². The van der Waals surface area contributed by atoms with Crippen molar-refractivity contribution in [3.05, 3.63) is 0 Å². The van der Waals surface area contributed by atoms with Crippen LogP contribution in [0.25, 0.3) is 0 Å². The van der Waals surface area contributed by atoms with Crippen LogP contribution in [0.4, 0.5) is 0 Å². The first-order valence-corrected chi connectivity index (χ1v) is 4.86. The van der Waals surface area contributed by atoms with Gasteiger partial charge < -0.3 is 10.4 Å². The highest BCUT2D eigenvalue weighted by atomic mass is 16.3. The van der Waals surface area contributed by atoms with Crippen molar-refractivity contribution in [3.8, 4) is 0 Å². The molecule has 0 aromatic carbocycles. The number of hydrogen-bond acceptors (Lipinski definition) is 3. The summed E-state index contributed by atoms with van der Waals surface area (Å²) < 4.78 is 0. The number of likely N-dealkylation sites (tertiary alicyclic amines) is 1. The van der Waals surface area contributed by atoms with Gasteiger partial charge in [0.1, 0.15) is 0 Å². The van der Waals surface area contributed by atoms with E-state index in [0.717, 1.165) is 38.9 Å². The summed E-state index contributed by atoms with van der Waals surface area (Å²) in [5.41, 5.74) is 0.0677. The molecule has 2 atom stereocenters. The number of nitrogens with zero attached hydrogens (tertiary/aromatic N) is 1. The zero-order chi connectivity index (χ0) is 8.60. The monoisotopic (exact) mass is 170 g/mol. The first-order chi connectivity index (χ1) is 5.76. The third-order valence-corrected chi connectivity index (χ3v) is 3.52. The van der Waals surface area contributed by atoms with E-state index in [2.05, 4.69) is 17.3 Å². The summed E-state index contributed by atoms with van der Waals surface area (Å²) in [5.74, 6) is 0. The molecule has 0 bridgehead atoms. The van der Waals surface area contributed by atoms with Crippen LogP contribution < -0.4 is 5.32 Å². The molecule has 0 aromatic heterocycles. The van der Waals surface area contributed by atoms with Crippen molar-refractivity contribution in [1.82, 2.24) is 10.2 Å². The summed E-state index contributed by atoms with van der Waals surface area (Å²) >= 11 is 0. The Morgan fingerprint density at radius 1 is 1.58 bits per heavy atom. The van der Waals surface area contributed by atoms with Crippen molar-refractivity contribution in [3.63, 3.8) is 0 Å². The third kappa shape index (κ3) is 1.08. The molecule has 2 heterocycles. The minimum atomic E-state index is -0.119. The minimum Gasteiger partial charge on any atom is -0.391 e. The van der Waals surface area contributed by atoms with E-state index in [1.165, 1.54) is 0 Å². The highest BCUT2D eigenvalue weighted by molar-refractivity contribution is 5.04. The molecule has 1 spiro atoms. The van der Waals surface area contributed by atoms with Crippen LogP contribution in [0.3, 0.4) is 0 Å². The highest BCUT2D eigenvalue weighted by Crippen LogP contribution is 2.32. The molecule has 3 nitrogen and oxygen atoms in total. The van der Waals surface area contributed by atoms with Gasteiger partial charge in [-0.1, -0.05) is 0 Å². The topological polar surface area (TPSA) is 35.5 Å². The molecule has 70 valence electrons. The van der Waals surface area contributed by atoms with E-state index in [1.807, 2.05) is 0 Å². The number of rotatable bonds is 0. The van der Waals surface area contributed by atoms with Gasteiger partial charge in [-0.05, 0) is 39.4 Å². The predicted octanol–water partition coefficient (Wildman–Crippen LogP) is -0.195.